The van der Waals surface area contributed by atoms with Gasteiger partial charge in [0.05, 0.1) is 0 Å². The molecule has 0 aliphatic rings. The van der Waals surface area contributed by atoms with Crippen LogP contribution in [-0.4, -0.2) is 6.54 Å². The fraction of sp³-hybridized carbons (Fsp3) is 0.400. The Labute approximate surface area is 96.2 Å². The maximum absolute atomic E-state index is 3.52. The van der Waals surface area contributed by atoms with E-state index in [1.807, 2.05) is 6.07 Å². The van der Waals surface area contributed by atoms with E-state index in [1.165, 1.54) is 16.5 Å². The van der Waals surface area contributed by atoms with Crippen molar-refractivity contribution >= 4 is 31.9 Å². The van der Waals surface area contributed by atoms with Crippen molar-refractivity contribution in [1.29, 1.82) is 0 Å². The van der Waals surface area contributed by atoms with Gasteiger partial charge in [-0.15, -0.1) is 0 Å². The van der Waals surface area contributed by atoms with Crippen molar-refractivity contribution in [2.45, 2.75) is 19.9 Å². The molecule has 13 heavy (non-hydrogen) atoms. The molecule has 0 amide bonds. The van der Waals surface area contributed by atoms with Gasteiger partial charge in [-0.3, -0.25) is 0 Å². The van der Waals surface area contributed by atoms with E-state index >= 15 is 0 Å². The Balaban J connectivity index is 2.59. The van der Waals surface area contributed by atoms with Gasteiger partial charge in [-0.05, 0) is 36.7 Å². The third kappa shape index (κ3) is 3.79. The Morgan fingerprint density at radius 3 is 2.77 bits per heavy atom. The standard InChI is InChI=1S/C10H13Br2N/c1-2-5-13-7-8-6-9(11)3-4-10(8)12/h3-4,6,13H,2,5,7H2,1H3. The molecule has 0 bridgehead atoms. The average Bonchev–Trinajstić information content (AvgIpc) is 2.11. The second kappa shape index (κ2) is 5.78. The van der Waals surface area contributed by atoms with E-state index in [-0.39, 0.29) is 0 Å². The quantitative estimate of drug-likeness (QED) is 0.836. The smallest absolute Gasteiger partial charge is 0.0221 e. The molecule has 3 heteroatoms. The molecular weight excluding hydrogens is 294 g/mol. The van der Waals surface area contributed by atoms with E-state index in [4.69, 9.17) is 0 Å². The molecule has 1 aromatic carbocycles. The summed E-state index contributed by atoms with van der Waals surface area (Å²) in [5.74, 6) is 0. The lowest BCUT2D eigenvalue weighted by molar-refractivity contribution is 0.674. The van der Waals surface area contributed by atoms with Crippen LogP contribution in [0.5, 0.6) is 0 Å². The highest BCUT2D eigenvalue weighted by Gasteiger charge is 1.99. The number of benzene rings is 1. The molecule has 72 valence electrons. The highest BCUT2D eigenvalue weighted by atomic mass is 79.9. The predicted octanol–water partition coefficient (Wildman–Crippen LogP) is 3.71. The first kappa shape index (κ1) is 11.2. The molecule has 0 unspecified atom stereocenters. The van der Waals surface area contributed by atoms with Gasteiger partial charge in [0, 0.05) is 15.5 Å². The van der Waals surface area contributed by atoms with E-state index in [0.29, 0.717) is 0 Å². The predicted molar refractivity (Wildman–Crippen MR) is 63.8 cm³/mol. The third-order valence-electron chi connectivity index (χ3n) is 1.75. The maximum atomic E-state index is 3.52. The van der Waals surface area contributed by atoms with Gasteiger partial charge in [0.25, 0.3) is 0 Å². The maximum Gasteiger partial charge on any atom is 0.0221 e. The van der Waals surface area contributed by atoms with Crippen LogP contribution in [-0.2, 0) is 6.54 Å². The van der Waals surface area contributed by atoms with E-state index in [0.717, 1.165) is 17.6 Å². The summed E-state index contributed by atoms with van der Waals surface area (Å²) in [5, 5.41) is 3.37. The van der Waals surface area contributed by atoms with Crippen LogP contribution in [0, 0.1) is 0 Å². The monoisotopic (exact) mass is 305 g/mol. The van der Waals surface area contributed by atoms with Crippen molar-refractivity contribution in [3.8, 4) is 0 Å². The summed E-state index contributed by atoms with van der Waals surface area (Å²) in [4.78, 5) is 0. The van der Waals surface area contributed by atoms with Gasteiger partial charge in [-0.2, -0.15) is 0 Å². The van der Waals surface area contributed by atoms with E-state index in [1.54, 1.807) is 0 Å². The Hall–Kier alpha value is 0.140. The van der Waals surface area contributed by atoms with Gasteiger partial charge in [-0.25, -0.2) is 0 Å². The minimum Gasteiger partial charge on any atom is -0.313 e. The SMILES string of the molecule is CCCNCc1cc(Br)ccc1Br. The van der Waals surface area contributed by atoms with Crippen LogP contribution in [0.1, 0.15) is 18.9 Å². The van der Waals surface area contributed by atoms with Crippen molar-refractivity contribution in [3.05, 3.63) is 32.7 Å². The van der Waals surface area contributed by atoms with Crippen LogP contribution in [0.2, 0.25) is 0 Å². The molecule has 0 aliphatic heterocycles. The number of hydrogen-bond donors (Lipinski definition) is 1. The van der Waals surface area contributed by atoms with Crippen LogP contribution in [0.25, 0.3) is 0 Å². The lowest BCUT2D eigenvalue weighted by Crippen LogP contribution is -2.14. The van der Waals surface area contributed by atoms with Crippen molar-refractivity contribution in [2.24, 2.45) is 0 Å². The zero-order chi connectivity index (χ0) is 9.68. The molecule has 1 rings (SSSR count). The molecule has 1 nitrogen and oxygen atoms in total. The van der Waals surface area contributed by atoms with Crippen LogP contribution in [0.3, 0.4) is 0 Å². The van der Waals surface area contributed by atoms with Crippen molar-refractivity contribution in [3.63, 3.8) is 0 Å². The zero-order valence-electron chi connectivity index (χ0n) is 7.61. The van der Waals surface area contributed by atoms with E-state index in [2.05, 4.69) is 56.2 Å². The molecule has 1 aromatic rings. The molecule has 0 saturated carbocycles. The molecule has 0 spiro atoms. The summed E-state index contributed by atoms with van der Waals surface area (Å²) in [5.41, 5.74) is 1.29. The van der Waals surface area contributed by atoms with Crippen LogP contribution in [0.15, 0.2) is 27.1 Å². The first-order valence-corrected chi connectivity index (χ1v) is 5.97. The van der Waals surface area contributed by atoms with Gasteiger partial charge in [-0.1, -0.05) is 38.8 Å². The number of halogens is 2. The highest BCUT2D eigenvalue weighted by molar-refractivity contribution is 9.11. The summed E-state index contributed by atoms with van der Waals surface area (Å²) in [6.07, 6.45) is 1.17. The lowest BCUT2D eigenvalue weighted by Gasteiger charge is -2.06. The Bertz CT molecular complexity index is 274. The zero-order valence-corrected chi connectivity index (χ0v) is 10.8. The Morgan fingerprint density at radius 1 is 1.31 bits per heavy atom. The topological polar surface area (TPSA) is 12.0 Å². The van der Waals surface area contributed by atoms with Gasteiger partial charge < -0.3 is 5.32 Å². The molecular formula is C10H13Br2N. The van der Waals surface area contributed by atoms with Gasteiger partial charge in [0.1, 0.15) is 0 Å². The van der Waals surface area contributed by atoms with Crippen LogP contribution in [0.4, 0.5) is 0 Å². The molecule has 0 radical (unpaired) electrons. The first-order chi connectivity index (χ1) is 6.24. The Kier molecular flexibility index (Phi) is 4.99. The summed E-state index contributed by atoms with van der Waals surface area (Å²) < 4.78 is 2.29. The Morgan fingerprint density at radius 2 is 2.08 bits per heavy atom. The van der Waals surface area contributed by atoms with Crippen LogP contribution < -0.4 is 5.32 Å². The molecule has 0 aliphatic carbocycles. The highest BCUT2D eigenvalue weighted by Crippen LogP contribution is 2.21. The molecule has 1 N–H and O–H groups in total. The molecule has 0 fully saturated rings. The lowest BCUT2D eigenvalue weighted by atomic mass is 10.2. The van der Waals surface area contributed by atoms with Crippen molar-refractivity contribution < 1.29 is 0 Å². The second-order valence-corrected chi connectivity index (χ2v) is 4.68. The minimum absolute atomic E-state index is 0.924. The largest absolute Gasteiger partial charge is 0.313 e. The van der Waals surface area contributed by atoms with Crippen molar-refractivity contribution in [1.82, 2.24) is 5.32 Å². The molecule has 0 atom stereocenters. The fourth-order valence-corrected chi connectivity index (χ4v) is 1.87. The van der Waals surface area contributed by atoms with Gasteiger partial charge in [0.2, 0.25) is 0 Å². The molecule has 0 saturated heterocycles. The summed E-state index contributed by atoms with van der Waals surface area (Å²) in [6, 6.07) is 6.23. The molecule has 0 heterocycles. The number of rotatable bonds is 4. The number of nitrogens with one attached hydrogen (secondary N) is 1. The summed E-state index contributed by atoms with van der Waals surface area (Å²) >= 11 is 6.98. The van der Waals surface area contributed by atoms with Crippen LogP contribution >= 0.6 is 31.9 Å². The van der Waals surface area contributed by atoms with Crippen molar-refractivity contribution in [2.75, 3.05) is 6.54 Å². The average molecular weight is 307 g/mol. The third-order valence-corrected chi connectivity index (χ3v) is 3.02. The van der Waals surface area contributed by atoms with E-state index < -0.39 is 0 Å². The second-order valence-electron chi connectivity index (χ2n) is 2.91. The van der Waals surface area contributed by atoms with E-state index in [9.17, 15) is 0 Å². The molecule has 0 aromatic heterocycles. The summed E-state index contributed by atoms with van der Waals surface area (Å²) in [7, 11) is 0. The van der Waals surface area contributed by atoms with Gasteiger partial charge >= 0.3 is 0 Å². The number of hydrogen-bond acceptors (Lipinski definition) is 1. The first-order valence-electron chi connectivity index (χ1n) is 4.38. The van der Waals surface area contributed by atoms with Gasteiger partial charge in [0.15, 0.2) is 0 Å². The summed E-state index contributed by atoms with van der Waals surface area (Å²) in [6.45, 7) is 4.16. The normalized spacial score (nSPS) is 10.4. The minimum atomic E-state index is 0.924. The fourth-order valence-electron chi connectivity index (χ4n) is 1.08.